The molecule has 1 heterocycles. The first-order valence-corrected chi connectivity index (χ1v) is 11.1. The van der Waals surface area contributed by atoms with E-state index < -0.39 is 39.5 Å². The van der Waals surface area contributed by atoms with Crippen molar-refractivity contribution in [1.82, 2.24) is 9.62 Å². The van der Waals surface area contributed by atoms with Crippen molar-refractivity contribution in [3.05, 3.63) is 59.7 Å². The molecule has 7 nitrogen and oxygen atoms in total. The van der Waals surface area contributed by atoms with Crippen LogP contribution in [-0.2, 0) is 32.3 Å². The molecule has 2 aromatic rings. The van der Waals surface area contributed by atoms with Crippen molar-refractivity contribution in [3.8, 4) is 0 Å². The maximum Gasteiger partial charge on any atom is 0.416 e. The van der Waals surface area contributed by atoms with Crippen LogP contribution in [0.4, 0.5) is 18.9 Å². The molecule has 3 rings (SSSR count). The molecule has 0 radical (unpaired) electrons. The maximum atomic E-state index is 13.0. The monoisotopic (exact) mass is 469 g/mol. The number of alkyl halides is 3. The molecule has 0 saturated carbocycles. The summed E-state index contributed by atoms with van der Waals surface area (Å²) in [6.07, 6.45) is -4.70. The van der Waals surface area contributed by atoms with E-state index in [0.29, 0.717) is 5.56 Å². The Bertz CT molecular complexity index is 1130. The number of anilines is 1. The van der Waals surface area contributed by atoms with Crippen LogP contribution in [0.3, 0.4) is 0 Å². The fourth-order valence-corrected chi connectivity index (χ4v) is 4.52. The number of rotatable bonds is 6. The Hall–Kier alpha value is -2.92. The third-order valence-corrected chi connectivity index (χ3v) is 7.08. The lowest BCUT2D eigenvalue weighted by molar-refractivity contribution is -0.137. The molecule has 1 atom stereocenters. The van der Waals surface area contributed by atoms with Crippen LogP contribution in [0.25, 0.3) is 0 Å². The normalized spacial score (nSPS) is 17.1. The maximum absolute atomic E-state index is 13.0. The number of hydrogen-bond acceptors (Lipinski definition) is 4. The van der Waals surface area contributed by atoms with E-state index in [1.807, 2.05) is 0 Å². The number of benzene rings is 2. The van der Waals surface area contributed by atoms with Gasteiger partial charge in [-0.3, -0.25) is 9.59 Å². The van der Waals surface area contributed by atoms with Crippen LogP contribution in [0.1, 0.15) is 17.5 Å². The van der Waals surface area contributed by atoms with Crippen molar-refractivity contribution in [2.24, 2.45) is 5.92 Å². The predicted octanol–water partition coefficient (Wildman–Crippen LogP) is 2.63. The number of sulfonamides is 1. The molecule has 1 aliphatic heterocycles. The molecule has 1 fully saturated rings. The Balaban J connectivity index is 1.71. The van der Waals surface area contributed by atoms with E-state index >= 15 is 0 Å². The summed E-state index contributed by atoms with van der Waals surface area (Å²) in [6.45, 7) is -0.139. The number of carbonyl (C=O) groups is 2. The molecule has 1 unspecified atom stereocenters. The summed E-state index contributed by atoms with van der Waals surface area (Å²) in [5, 5.41) is 2.64. The van der Waals surface area contributed by atoms with E-state index in [4.69, 9.17) is 0 Å². The van der Waals surface area contributed by atoms with Gasteiger partial charge in [0.25, 0.3) is 0 Å². The molecule has 32 heavy (non-hydrogen) atoms. The van der Waals surface area contributed by atoms with Crippen molar-refractivity contribution in [2.75, 3.05) is 25.5 Å². The summed E-state index contributed by atoms with van der Waals surface area (Å²) in [5.41, 5.74) is -0.425. The highest BCUT2D eigenvalue weighted by Gasteiger charge is 2.37. The minimum absolute atomic E-state index is 0.0541. The van der Waals surface area contributed by atoms with Crippen molar-refractivity contribution in [3.63, 3.8) is 0 Å². The van der Waals surface area contributed by atoms with Gasteiger partial charge in [-0.1, -0.05) is 24.3 Å². The highest BCUT2D eigenvalue weighted by molar-refractivity contribution is 7.89. The summed E-state index contributed by atoms with van der Waals surface area (Å²) in [4.78, 5) is 26.2. The van der Waals surface area contributed by atoms with Gasteiger partial charge in [0.05, 0.1) is 16.4 Å². The molecule has 2 aromatic carbocycles. The number of carbonyl (C=O) groups excluding carboxylic acids is 2. The van der Waals surface area contributed by atoms with E-state index in [2.05, 4.69) is 5.32 Å². The highest BCUT2D eigenvalue weighted by atomic mass is 32.2. The predicted molar refractivity (Wildman–Crippen MR) is 111 cm³/mol. The minimum Gasteiger partial charge on any atom is -0.352 e. The smallest absolute Gasteiger partial charge is 0.352 e. The second-order valence-electron chi connectivity index (χ2n) is 7.57. The van der Waals surface area contributed by atoms with E-state index in [9.17, 15) is 31.2 Å². The fraction of sp³-hybridized carbons (Fsp3) is 0.333. The number of nitrogens with zero attached hydrogens (tertiary/aromatic N) is 2. The van der Waals surface area contributed by atoms with Crippen LogP contribution < -0.4 is 10.2 Å². The quantitative estimate of drug-likeness (QED) is 0.705. The van der Waals surface area contributed by atoms with Gasteiger partial charge in [-0.05, 0) is 29.8 Å². The Labute approximate surface area is 183 Å². The van der Waals surface area contributed by atoms with Gasteiger partial charge in [0, 0.05) is 39.3 Å². The Morgan fingerprint density at radius 2 is 1.84 bits per heavy atom. The Kier molecular flexibility index (Phi) is 6.61. The van der Waals surface area contributed by atoms with Gasteiger partial charge in [0.15, 0.2) is 0 Å². The highest BCUT2D eigenvalue weighted by Crippen LogP contribution is 2.33. The first-order chi connectivity index (χ1) is 14.9. The molecule has 0 aliphatic carbocycles. The third-order valence-electron chi connectivity index (χ3n) is 5.17. The van der Waals surface area contributed by atoms with Gasteiger partial charge in [-0.25, -0.2) is 12.7 Å². The average Bonchev–Trinajstić information content (AvgIpc) is 3.13. The number of hydrogen-bond donors (Lipinski definition) is 1. The van der Waals surface area contributed by atoms with Gasteiger partial charge >= 0.3 is 6.18 Å². The lowest BCUT2D eigenvalue weighted by atomic mass is 10.1. The van der Waals surface area contributed by atoms with Gasteiger partial charge in [-0.2, -0.15) is 13.2 Å². The lowest BCUT2D eigenvalue weighted by Crippen LogP contribution is -2.33. The minimum atomic E-state index is -4.55. The second-order valence-corrected chi connectivity index (χ2v) is 9.69. The third kappa shape index (κ3) is 4.94. The largest absolute Gasteiger partial charge is 0.416 e. The SMILES string of the molecule is CN(C)S(=O)(=O)c1ccccc1CNC(=O)C1CC(=O)N(c2cccc(C(F)(F)F)c2)C1. The van der Waals surface area contributed by atoms with E-state index in [1.165, 1.54) is 32.3 Å². The zero-order chi connectivity index (χ0) is 23.7. The molecule has 1 N–H and O–H groups in total. The van der Waals surface area contributed by atoms with Crippen LogP contribution in [0.15, 0.2) is 53.4 Å². The number of nitrogens with one attached hydrogen (secondary N) is 1. The molecule has 0 bridgehead atoms. The van der Waals surface area contributed by atoms with E-state index in [0.717, 1.165) is 21.3 Å². The first kappa shape index (κ1) is 23.7. The van der Waals surface area contributed by atoms with Crippen molar-refractivity contribution in [1.29, 1.82) is 0 Å². The van der Waals surface area contributed by atoms with E-state index in [1.54, 1.807) is 18.2 Å². The van der Waals surface area contributed by atoms with E-state index in [-0.39, 0.29) is 30.1 Å². The van der Waals surface area contributed by atoms with Gasteiger partial charge in [-0.15, -0.1) is 0 Å². The second kappa shape index (κ2) is 8.91. The Morgan fingerprint density at radius 3 is 2.50 bits per heavy atom. The van der Waals surface area contributed by atoms with Crippen molar-refractivity contribution < 1.29 is 31.2 Å². The van der Waals surface area contributed by atoms with Gasteiger partial charge < -0.3 is 10.2 Å². The molecule has 172 valence electrons. The van der Waals surface area contributed by atoms with Crippen LogP contribution in [0.2, 0.25) is 0 Å². The fourth-order valence-electron chi connectivity index (χ4n) is 3.41. The summed E-state index contributed by atoms with van der Waals surface area (Å²) >= 11 is 0. The van der Waals surface area contributed by atoms with Crippen molar-refractivity contribution >= 4 is 27.5 Å². The summed E-state index contributed by atoms with van der Waals surface area (Å²) in [7, 11) is -0.916. The molecular weight excluding hydrogens is 447 g/mol. The summed E-state index contributed by atoms with van der Waals surface area (Å²) < 4.78 is 64.9. The van der Waals surface area contributed by atoms with Gasteiger partial charge in [0.1, 0.15) is 0 Å². The Morgan fingerprint density at radius 1 is 1.16 bits per heavy atom. The molecule has 0 aromatic heterocycles. The number of halogens is 3. The van der Waals surface area contributed by atoms with Crippen LogP contribution in [0.5, 0.6) is 0 Å². The topological polar surface area (TPSA) is 86.8 Å². The van der Waals surface area contributed by atoms with Crippen LogP contribution in [-0.4, -0.2) is 45.2 Å². The lowest BCUT2D eigenvalue weighted by Gasteiger charge is -2.19. The standard InChI is InChI=1S/C21H22F3N3O4S/c1-26(2)32(30,31)18-9-4-3-6-14(18)12-25-20(29)15-10-19(28)27(13-15)17-8-5-7-16(11-17)21(22,23)24/h3-9,11,15H,10,12-13H2,1-2H3,(H,25,29). The average molecular weight is 469 g/mol. The summed E-state index contributed by atoms with van der Waals surface area (Å²) in [5.74, 6) is -1.71. The summed E-state index contributed by atoms with van der Waals surface area (Å²) in [6, 6.07) is 10.6. The molecule has 1 aliphatic rings. The van der Waals surface area contributed by atoms with Crippen LogP contribution in [0, 0.1) is 5.92 Å². The molecule has 1 saturated heterocycles. The van der Waals surface area contributed by atoms with Crippen LogP contribution >= 0.6 is 0 Å². The molecule has 0 spiro atoms. The number of amides is 2. The first-order valence-electron chi connectivity index (χ1n) is 9.67. The molecule has 2 amide bonds. The molecule has 11 heteroatoms. The zero-order valence-electron chi connectivity index (χ0n) is 17.4. The van der Waals surface area contributed by atoms with Gasteiger partial charge in [0.2, 0.25) is 21.8 Å². The zero-order valence-corrected chi connectivity index (χ0v) is 18.2. The molecular formula is C21H22F3N3O4S. The van der Waals surface area contributed by atoms with Crippen molar-refractivity contribution in [2.45, 2.75) is 24.0 Å².